The minimum absolute atomic E-state index is 0.305. The van der Waals surface area contributed by atoms with Crippen LogP contribution in [-0.2, 0) is 23.6 Å². The monoisotopic (exact) mass is 315 g/mol. The molecule has 0 aliphatic heterocycles. The topological polar surface area (TPSA) is 54.3 Å². The Morgan fingerprint density at radius 2 is 1.71 bits per heavy atom. The lowest BCUT2D eigenvalue weighted by Gasteiger charge is -2.25. The molecule has 6 heteroatoms. The van der Waals surface area contributed by atoms with Gasteiger partial charge in [0, 0.05) is 38.6 Å². The Morgan fingerprint density at radius 3 is 2.14 bits per heavy atom. The highest BCUT2D eigenvalue weighted by atomic mass is 32.2. The summed E-state index contributed by atoms with van der Waals surface area (Å²) in [5.74, 6) is 0.609. The van der Waals surface area contributed by atoms with Crippen LogP contribution in [0.1, 0.15) is 33.4 Å². The van der Waals surface area contributed by atoms with Crippen LogP contribution in [-0.4, -0.2) is 37.4 Å². The van der Waals surface area contributed by atoms with Crippen molar-refractivity contribution in [2.24, 2.45) is 18.9 Å². The molecule has 1 rings (SSSR count). The summed E-state index contributed by atoms with van der Waals surface area (Å²) in [6.07, 6.45) is 1.70. The van der Waals surface area contributed by atoms with Gasteiger partial charge >= 0.3 is 0 Å². The first kappa shape index (κ1) is 18.2. The molecule has 1 aromatic heterocycles. The summed E-state index contributed by atoms with van der Waals surface area (Å²) in [7, 11) is 0.302. The lowest BCUT2D eigenvalue weighted by molar-refractivity contribution is 0.333. The van der Waals surface area contributed by atoms with Crippen LogP contribution in [0.5, 0.6) is 0 Å². The van der Waals surface area contributed by atoms with Crippen LogP contribution < -0.4 is 5.32 Å². The zero-order valence-corrected chi connectivity index (χ0v) is 14.9. The third-order valence-corrected chi connectivity index (χ3v) is 5.01. The van der Waals surface area contributed by atoms with Crippen molar-refractivity contribution in [3.05, 3.63) is 18.0 Å². The van der Waals surface area contributed by atoms with Gasteiger partial charge < -0.3 is 9.88 Å². The molecule has 0 amide bonds. The minimum atomic E-state index is -3.43. The first-order valence-electron chi connectivity index (χ1n) is 7.48. The zero-order valence-electron chi connectivity index (χ0n) is 14.0. The highest BCUT2D eigenvalue weighted by Gasteiger charge is 2.27. The fraction of sp³-hybridized carbons (Fsp3) is 0.733. The second-order valence-electron chi connectivity index (χ2n) is 6.42. The Bertz CT molecular complexity index is 537. The van der Waals surface area contributed by atoms with Crippen LogP contribution in [0, 0.1) is 11.8 Å². The minimum Gasteiger partial charge on any atom is -0.352 e. The van der Waals surface area contributed by atoms with Crippen molar-refractivity contribution in [2.75, 3.05) is 20.1 Å². The first-order chi connectivity index (χ1) is 9.68. The van der Waals surface area contributed by atoms with Gasteiger partial charge in [-0.2, -0.15) is 4.31 Å². The van der Waals surface area contributed by atoms with Gasteiger partial charge in [-0.1, -0.05) is 27.7 Å². The van der Waals surface area contributed by atoms with Gasteiger partial charge in [-0.05, 0) is 24.9 Å². The highest BCUT2D eigenvalue weighted by molar-refractivity contribution is 7.89. The summed E-state index contributed by atoms with van der Waals surface area (Å²) >= 11 is 0. The molecule has 0 aliphatic rings. The van der Waals surface area contributed by atoms with E-state index in [9.17, 15) is 8.42 Å². The molecule has 0 saturated heterocycles. The molecule has 0 saturated carbocycles. The Balaban J connectivity index is 3.12. The van der Waals surface area contributed by atoms with E-state index in [0.29, 0.717) is 36.4 Å². The number of nitrogens with zero attached hydrogens (tertiary/aromatic N) is 2. The van der Waals surface area contributed by atoms with Crippen LogP contribution in [0.3, 0.4) is 0 Å². The predicted molar refractivity (Wildman–Crippen MR) is 86.6 cm³/mol. The number of aryl methyl sites for hydroxylation is 1. The molecular weight excluding hydrogens is 286 g/mol. The van der Waals surface area contributed by atoms with E-state index < -0.39 is 10.0 Å². The molecule has 1 N–H and O–H groups in total. The molecular formula is C15H29N3O2S. The molecule has 0 aliphatic carbocycles. The van der Waals surface area contributed by atoms with Crippen molar-refractivity contribution in [1.29, 1.82) is 0 Å². The van der Waals surface area contributed by atoms with Gasteiger partial charge in [-0.3, -0.25) is 0 Å². The maximum Gasteiger partial charge on any atom is 0.244 e. The van der Waals surface area contributed by atoms with Crippen LogP contribution in [0.2, 0.25) is 0 Å². The average Bonchev–Trinajstić information content (AvgIpc) is 2.70. The second-order valence-corrected chi connectivity index (χ2v) is 8.36. The molecule has 122 valence electrons. The van der Waals surface area contributed by atoms with Gasteiger partial charge in [0.25, 0.3) is 0 Å². The van der Waals surface area contributed by atoms with Gasteiger partial charge in [0.05, 0.1) is 0 Å². The van der Waals surface area contributed by atoms with Crippen LogP contribution >= 0.6 is 0 Å². The highest BCUT2D eigenvalue weighted by Crippen LogP contribution is 2.21. The summed E-state index contributed by atoms with van der Waals surface area (Å²) in [5.41, 5.74) is 0.963. The van der Waals surface area contributed by atoms with Crippen molar-refractivity contribution in [1.82, 2.24) is 14.2 Å². The van der Waals surface area contributed by atoms with Crippen molar-refractivity contribution in [3.8, 4) is 0 Å². The van der Waals surface area contributed by atoms with E-state index in [4.69, 9.17) is 0 Å². The summed E-state index contributed by atoms with van der Waals surface area (Å²) in [5, 5.41) is 3.05. The lowest BCUT2D eigenvalue weighted by atomic mass is 10.2. The lowest BCUT2D eigenvalue weighted by Crippen LogP contribution is -2.36. The molecule has 0 aromatic carbocycles. The molecule has 1 aromatic rings. The molecule has 0 spiro atoms. The third kappa shape index (κ3) is 4.83. The van der Waals surface area contributed by atoms with Crippen molar-refractivity contribution in [3.63, 3.8) is 0 Å². The average molecular weight is 315 g/mol. The number of sulfonamides is 1. The maximum atomic E-state index is 12.9. The van der Waals surface area contributed by atoms with Gasteiger partial charge in [-0.25, -0.2) is 8.42 Å². The van der Waals surface area contributed by atoms with Gasteiger partial charge in [0.2, 0.25) is 10.0 Å². The molecule has 0 radical (unpaired) electrons. The zero-order chi connectivity index (χ0) is 16.2. The van der Waals surface area contributed by atoms with E-state index in [1.54, 1.807) is 16.6 Å². The smallest absolute Gasteiger partial charge is 0.244 e. The largest absolute Gasteiger partial charge is 0.352 e. The van der Waals surface area contributed by atoms with Gasteiger partial charge in [-0.15, -0.1) is 0 Å². The Kier molecular flexibility index (Phi) is 6.43. The fourth-order valence-electron chi connectivity index (χ4n) is 2.31. The molecule has 0 bridgehead atoms. The number of hydrogen-bond donors (Lipinski definition) is 1. The molecule has 1 heterocycles. The van der Waals surface area contributed by atoms with E-state index in [1.165, 1.54) is 0 Å². The van der Waals surface area contributed by atoms with E-state index >= 15 is 0 Å². The summed E-state index contributed by atoms with van der Waals surface area (Å²) in [4.78, 5) is 0.386. The molecule has 0 unspecified atom stereocenters. The summed E-state index contributed by atoms with van der Waals surface area (Å²) in [6, 6.07) is 1.76. The third-order valence-electron chi connectivity index (χ3n) is 3.22. The molecule has 21 heavy (non-hydrogen) atoms. The number of rotatable bonds is 8. The number of hydrogen-bond acceptors (Lipinski definition) is 3. The summed E-state index contributed by atoms with van der Waals surface area (Å²) in [6.45, 7) is 9.93. The van der Waals surface area contributed by atoms with E-state index in [-0.39, 0.29) is 0 Å². The van der Waals surface area contributed by atoms with Crippen molar-refractivity contribution < 1.29 is 8.42 Å². The normalized spacial score (nSPS) is 12.8. The predicted octanol–water partition coefficient (Wildman–Crippen LogP) is 2.05. The summed E-state index contributed by atoms with van der Waals surface area (Å²) < 4.78 is 29.2. The fourth-order valence-corrected chi connectivity index (χ4v) is 4.17. The van der Waals surface area contributed by atoms with E-state index in [2.05, 4.69) is 5.32 Å². The second kappa shape index (κ2) is 7.42. The Morgan fingerprint density at radius 1 is 1.19 bits per heavy atom. The Labute approximate surface area is 129 Å². The number of nitrogens with one attached hydrogen (secondary N) is 1. The first-order valence-corrected chi connectivity index (χ1v) is 8.92. The van der Waals surface area contributed by atoms with Crippen molar-refractivity contribution in [2.45, 2.75) is 39.1 Å². The molecule has 0 fully saturated rings. The van der Waals surface area contributed by atoms with Crippen LogP contribution in [0.25, 0.3) is 0 Å². The standard InChI is InChI=1S/C15H29N3O2S/c1-12(2)9-18(10-13(3)4)21(19,20)15-7-14(8-16-5)17(6)11-15/h7,11-13,16H,8-10H2,1-6H3. The van der Waals surface area contributed by atoms with Gasteiger partial charge in [0.15, 0.2) is 0 Å². The van der Waals surface area contributed by atoms with E-state index in [0.717, 1.165) is 5.69 Å². The maximum absolute atomic E-state index is 12.9. The van der Waals surface area contributed by atoms with Crippen LogP contribution in [0.15, 0.2) is 17.2 Å². The Hall–Kier alpha value is -0.850. The van der Waals surface area contributed by atoms with E-state index in [1.807, 2.05) is 46.4 Å². The quantitative estimate of drug-likeness (QED) is 0.799. The molecule has 5 nitrogen and oxygen atoms in total. The van der Waals surface area contributed by atoms with Gasteiger partial charge in [0.1, 0.15) is 4.90 Å². The SMILES string of the molecule is CNCc1cc(S(=O)(=O)N(CC(C)C)CC(C)C)cn1C. The van der Waals surface area contributed by atoms with Crippen molar-refractivity contribution >= 4 is 10.0 Å². The molecule has 0 atom stereocenters. The van der Waals surface area contributed by atoms with Crippen LogP contribution in [0.4, 0.5) is 0 Å². The number of aromatic nitrogens is 1.